The van der Waals surface area contributed by atoms with E-state index in [1.165, 1.54) is 12.8 Å². The first-order valence-corrected chi connectivity index (χ1v) is 6.01. The van der Waals surface area contributed by atoms with E-state index in [1.807, 2.05) is 13.8 Å². The van der Waals surface area contributed by atoms with Crippen molar-refractivity contribution < 1.29 is 4.79 Å². The zero-order valence-electron chi connectivity index (χ0n) is 9.11. The molecule has 1 aliphatic carbocycles. The number of hydrogen-bond acceptors (Lipinski definition) is 1. The van der Waals surface area contributed by atoms with Crippen molar-refractivity contribution in [3.05, 3.63) is 0 Å². The second-order valence-electron chi connectivity index (χ2n) is 4.47. The molecular weight excluding hydrogens is 198 g/mol. The van der Waals surface area contributed by atoms with Crippen LogP contribution in [0.15, 0.2) is 0 Å². The molecule has 1 atom stereocenters. The van der Waals surface area contributed by atoms with Gasteiger partial charge in [0, 0.05) is 18.3 Å². The molecule has 0 aliphatic heterocycles. The number of rotatable bonds is 6. The fraction of sp³-hybridized carbons (Fsp3) is 0.909. The molecule has 1 amide bonds. The average molecular weight is 218 g/mol. The fourth-order valence-corrected chi connectivity index (χ4v) is 1.93. The molecule has 0 spiro atoms. The highest BCUT2D eigenvalue weighted by molar-refractivity contribution is 6.17. The molecule has 82 valence electrons. The smallest absolute Gasteiger partial charge is 0.222 e. The second-order valence-corrected chi connectivity index (χ2v) is 4.84. The van der Waals surface area contributed by atoms with Gasteiger partial charge in [0.1, 0.15) is 0 Å². The maximum Gasteiger partial charge on any atom is 0.222 e. The van der Waals surface area contributed by atoms with E-state index < -0.39 is 0 Å². The van der Waals surface area contributed by atoms with Crippen LogP contribution in [0.1, 0.15) is 39.5 Å². The molecule has 3 heteroatoms. The number of amides is 1. The lowest BCUT2D eigenvalue weighted by Crippen LogP contribution is -2.34. The van der Waals surface area contributed by atoms with Crippen LogP contribution in [0.2, 0.25) is 0 Å². The summed E-state index contributed by atoms with van der Waals surface area (Å²) < 4.78 is 0. The molecule has 1 N–H and O–H groups in total. The van der Waals surface area contributed by atoms with Gasteiger partial charge in [-0.25, -0.2) is 0 Å². The van der Waals surface area contributed by atoms with Crippen molar-refractivity contribution in [1.29, 1.82) is 0 Å². The van der Waals surface area contributed by atoms with Gasteiger partial charge in [-0.15, -0.1) is 11.6 Å². The second kappa shape index (κ2) is 5.01. The van der Waals surface area contributed by atoms with Gasteiger partial charge in [0.15, 0.2) is 0 Å². The summed E-state index contributed by atoms with van der Waals surface area (Å²) in [7, 11) is 0. The first kappa shape index (κ1) is 11.8. The van der Waals surface area contributed by atoms with Crippen molar-refractivity contribution in [1.82, 2.24) is 5.32 Å². The van der Waals surface area contributed by atoms with Crippen LogP contribution in [-0.4, -0.2) is 18.3 Å². The van der Waals surface area contributed by atoms with E-state index >= 15 is 0 Å². The quantitative estimate of drug-likeness (QED) is 0.681. The zero-order valence-corrected chi connectivity index (χ0v) is 9.86. The minimum atomic E-state index is 0.141. The number of carbonyl (C=O) groups is 1. The molecule has 0 aromatic carbocycles. The largest absolute Gasteiger partial charge is 0.355 e. The third kappa shape index (κ3) is 3.16. The first-order chi connectivity index (χ1) is 6.63. The van der Waals surface area contributed by atoms with Crippen molar-refractivity contribution in [2.24, 2.45) is 11.3 Å². The highest BCUT2D eigenvalue weighted by Crippen LogP contribution is 2.48. The minimum Gasteiger partial charge on any atom is -0.355 e. The van der Waals surface area contributed by atoms with Crippen molar-refractivity contribution in [3.63, 3.8) is 0 Å². The Bertz CT molecular complexity index is 201. The molecule has 0 radical (unpaired) electrons. The molecule has 0 bridgehead atoms. The highest BCUT2D eigenvalue weighted by atomic mass is 35.5. The van der Waals surface area contributed by atoms with Crippen LogP contribution in [0, 0.1) is 11.3 Å². The Labute approximate surface area is 91.4 Å². The van der Waals surface area contributed by atoms with Gasteiger partial charge in [-0.2, -0.15) is 0 Å². The van der Waals surface area contributed by atoms with Crippen molar-refractivity contribution in [2.75, 3.05) is 12.4 Å². The van der Waals surface area contributed by atoms with Crippen molar-refractivity contribution >= 4 is 17.5 Å². The SMILES string of the molecule is CCC(C)C(=O)NCC1(CCCl)CC1. The Balaban J connectivity index is 2.23. The van der Waals surface area contributed by atoms with E-state index in [-0.39, 0.29) is 11.8 Å². The topological polar surface area (TPSA) is 29.1 Å². The Morgan fingerprint density at radius 2 is 2.21 bits per heavy atom. The first-order valence-electron chi connectivity index (χ1n) is 5.47. The third-order valence-corrected chi connectivity index (χ3v) is 3.47. The van der Waals surface area contributed by atoms with E-state index in [0.717, 1.165) is 19.4 Å². The van der Waals surface area contributed by atoms with Gasteiger partial charge in [-0.3, -0.25) is 4.79 Å². The van der Waals surface area contributed by atoms with E-state index in [4.69, 9.17) is 11.6 Å². The van der Waals surface area contributed by atoms with Gasteiger partial charge in [0.25, 0.3) is 0 Å². The van der Waals surface area contributed by atoms with Crippen LogP contribution < -0.4 is 5.32 Å². The van der Waals surface area contributed by atoms with Crippen LogP contribution in [0.4, 0.5) is 0 Å². The summed E-state index contributed by atoms with van der Waals surface area (Å²) in [5.41, 5.74) is 0.352. The lowest BCUT2D eigenvalue weighted by molar-refractivity contribution is -0.124. The van der Waals surface area contributed by atoms with Crippen LogP contribution in [0.25, 0.3) is 0 Å². The molecule has 0 aromatic heterocycles. The number of hydrogen-bond donors (Lipinski definition) is 1. The highest BCUT2D eigenvalue weighted by Gasteiger charge is 2.41. The monoisotopic (exact) mass is 217 g/mol. The molecule has 0 aromatic rings. The molecule has 1 fully saturated rings. The molecule has 0 heterocycles. The van der Waals surface area contributed by atoms with Crippen LogP contribution in [-0.2, 0) is 4.79 Å². The van der Waals surface area contributed by atoms with Crippen LogP contribution in [0.3, 0.4) is 0 Å². The van der Waals surface area contributed by atoms with Gasteiger partial charge in [0.2, 0.25) is 5.91 Å². The van der Waals surface area contributed by atoms with Gasteiger partial charge in [-0.05, 0) is 31.1 Å². The van der Waals surface area contributed by atoms with Gasteiger partial charge in [0.05, 0.1) is 0 Å². The number of alkyl halides is 1. The fourth-order valence-electron chi connectivity index (χ4n) is 1.53. The summed E-state index contributed by atoms with van der Waals surface area (Å²) in [6.07, 6.45) is 4.39. The number of halogens is 1. The third-order valence-electron chi connectivity index (χ3n) is 3.28. The van der Waals surface area contributed by atoms with Gasteiger partial charge < -0.3 is 5.32 Å². The average Bonchev–Trinajstić information content (AvgIpc) is 2.94. The van der Waals surface area contributed by atoms with Gasteiger partial charge >= 0.3 is 0 Å². The maximum atomic E-state index is 11.5. The summed E-state index contributed by atoms with van der Waals surface area (Å²) in [4.78, 5) is 11.5. The Hall–Kier alpha value is -0.240. The predicted molar refractivity (Wildman–Crippen MR) is 59.5 cm³/mol. The zero-order chi connectivity index (χ0) is 10.6. The van der Waals surface area contributed by atoms with E-state index in [9.17, 15) is 4.79 Å². The summed E-state index contributed by atoms with van der Waals surface area (Å²) in [6, 6.07) is 0. The van der Waals surface area contributed by atoms with Crippen LogP contribution in [0.5, 0.6) is 0 Å². The lowest BCUT2D eigenvalue weighted by atomic mass is 10.0. The summed E-state index contributed by atoms with van der Waals surface area (Å²) in [6.45, 7) is 4.83. The molecule has 1 rings (SSSR count). The van der Waals surface area contributed by atoms with Crippen LogP contribution >= 0.6 is 11.6 Å². The van der Waals surface area contributed by atoms with Gasteiger partial charge in [-0.1, -0.05) is 13.8 Å². The summed E-state index contributed by atoms with van der Waals surface area (Å²) in [5, 5.41) is 3.02. The van der Waals surface area contributed by atoms with E-state index in [0.29, 0.717) is 11.3 Å². The molecule has 2 nitrogen and oxygen atoms in total. The number of carbonyl (C=O) groups excluding carboxylic acids is 1. The molecular formula is C11H20ClNO. The minimum absolute atomic E-state index is 0.141. The molecule has 0 saturated heterocycles. The van der Waals surface area contributed by atoms with E-state index in [2.05, 4.69) is 5.32 Å². The summed E-state index contributed by atoms with van der Waals surface area (Å²) in [5.74, 6) is 1.04. The number of nitrogens with one attached hydrogen (secondary N) is 1. The summed E-state index contributed by atoms with van der Waals surface area (Å²) >= 11 is 5.72. The standard InChI is InChI=1S/C11H20ClNO/c1-3-9(2)10(14)13-8-11(4-5-11)6-7-12/h9H,3-8H2,1-2H3,(H,13,14). The molecule has 1 unspecified atom stereocenters. The van der Waals surface area contributed by atoms with Crippen molar-refractivity contribution in [2.45, 2.75) is 39.5 Å². The predicted octanol–water partition coefficient (Wildman–Crippen LogP) is 2.56. The normalized spacial score (nSPS) is 20.2. The Kier molecular flexibility index (Phi) is 4.24. The lowest BCUT2D eigenvalue weighted by Gasteiger charge is -2.16. The Morgan fingerprint density at radius 1 is 1.57 bits per heavy atom. The van der Waals surface area contributed by atoms with E-state index in [1.54, 1.807) is 0 Å². The maximum absolute atomic E-state index is 11.5. The molecule has 1 saturated carbocycles. The Morgan fingerprint density at radius 3 is 2.64 bits per heavy atom. The molecule has 1 aliphatic rings. The van der Waals surface area contributed by atoms with Crippen molar-refractivity contribution in [3.8, 4) is 0 Å². The molecule has 14 heavy (non-hydrogen) atoms.